The summed E-state index contributed by atoms with van der Waals surface area (Å²) in [6, 6.07) is 12.7. The van der Waals surface area contributed by atoms with Crippen LogP contribution in [0.1, 0.15) is 47.2 Å². The Morgan fingerprint density at radius 1 is 1.07 bits per heavy atom. The van der Waals surface area contributed by atoms with Crippen LogP contribution in [0.25, 0.3) is 0 Å². The molecular weight excluding hydrogens is 380 g/mol. The predicted molar refractivity (Wildman–Crippen MR) is 116 cm³/mol. The maximum Gasteiger partial charge on any atom is 0.257 e. The van der Waals surface area contributed by atoms with Crippen LogP contribution < -0.4 is 10.1 Å². The maximum atomic E-state index is 12.6. The van der Waals surface area contributed by atoms with Gasteiger partial charge in [-0.15, -0.1) is 0 Å². The summed E-state index contributed by atoms with van der Waals surface area (Å²) < 4.78 is 5.86. The summed E-state index contributed by atoms with van der Waals surface area (Å²) in [5.41, 5.74) is 2.53. The lowest BCUT2D eigenvalue weighted by Gasteiger charge is -2.32. The summed E-state index contributed by atoms with van der Waals surface area (Å²) in [7, 11) is 0. The standard InChI is InChI=1S/C24H30N2O4/c1-17-7-5-8-18(2)23(17)30-16-6-11-22(28)25-19-12-14-26(15-13-19)24(29)20-9-3-4-10-21(20)27/h3-5,7-10,19,27H,6,11-16H2,1-2H3,(H,25,28). The molecule has 0 saturated carbocycles. The smallest absolute Gasteiger partial charge is 0.257 e. The van der Waals surface area contributed by atoms with E-state index in [4.69, 9.17) is 4.74 Å². The Balaban J connectivity index is 1.37. The minimum Gasteiger partial charge on any atom is -0.507 e. The lowest BCUT2D eigenvalue weighted by Crippen LogP contribution is -2.46. The number of benzene rings is 2. The molecule has 0 aromatic heterocycles. The van der Waals surface area contributed by atoms with Crippen molar-refractivity contribution >= 4 is 11.8 Å². The number of phenols is 1. The van der Waals surface area contributed by atoms with Gasteiger partial charge >= 0.3 is 0 Å². The first-order valence-electron chi connectivity index (χ1n) is 10.5. The van der Waals surface area contributed by atoms with Crippen LogP contribution in [0.5, 0.6) is 11.5 Å². The number of nitrogens with one attached hydrogen (secondary N) is 1. The van der Waals surface area contributed by atoms with Crippen LogP contribution >= 0.6 is 0 Å². The zero-order valence-corrected chi connectivity index (χ0v) is 17.7. The minimum absolute atomic E-state index is 0.000959. The van der Waals surface area contributed by atoms with E-state index in [2.05, 4.69) is 5.32 Å². The van der Waals surface area contributed by atoms with E-state index in [0.717, 1.165) is 16.9 Å². The van der Waals surface area contributed by atoms with Crippen LogP contribution in [0.15, 0.2) is 42.5 Å². The molecule has 2 aromatic rings. The highest BCUT2D eigenvalue weighted by atomic mass is 16.5. The van der Waals surface area contributed by atoms with Crippen molar-refractivity contribution in [2.75, 3.05) is 19.7 Å². The molecule has 0 unspecified atom stereocenters. The van der Waals surface area contributed by atoms with E-state index in [1.807, 2.05) is 32.0 Å². The van der Waals surface area contributed by atoms with E-state index in [-0.39, 0.29) is 23.6 Å². The zero-order valence-electron chi connectivity index (χ0n) is 17.7. The summed E-state index contributed by atoms with van der Waals surface area (Å²) in [6.45, 7) is 5.67. The fraction of sp³-hybridized carbons (Fsp3) is 0.417. The number of aryl methyl sites for hydroxylation is 2. The van der Waals surface area contributed by atoms with Crippen molar-refractivity contribution in [3.8, 4) is 11.5 Å². The van der Waals surface area contributed by atoms with Crippen LogP contribution in [-0.4, -0.2) is 47.6 Å². The molecule has 0 aliphatic carbocycles. The van der Waals surface area contributed by atoms with Gasteiger partial charge in [0.05, 0.1) is 12.2 Å². The number of aromatic hydroxyl groups is 1. The fourth-order valence-electron chi connectivity index (χ4n) is 3.79. The average molecular weight is 411 g/mol. The molecule has 1 fully saturated rings. The molecule has 0 radical (unpaired) electrons. The van der Waals surface area contributed by atoms with Gasteiger partial charge in [0.15, 0.2) is 0 Å². The Kier molecular flexibility index (Phi) is 7.33. The van der Waals surface area contributed by atoms with Gasteiger partial charge in [0, 0.05) is 25.6 Å². The Morgan fingerprint density at radius 2 is 1.73 bits per heavy atom. The normalized spacial score (nSPS) is 14.4. The van der Waals surface area contributed by atoms with Crippen molar-refractivity contribution in [2.24, 2.45) is 0 Å². The second-order valence-electron chi connectivity index (χ2n) is 7.82. The third-order valence-corrected chi connectivity index (χ3v) is 5.49. The van der Waals surface area contributed by atoms with Crippen LogP contribution in [0.3, 0.4) is 0 Å². The second kappa shape index (κ2) is 10.1. The van der Waals surface area contributed by atoms with Crippen LogP contribution in [-0.2, 0) is 4.79 Å². The first-order chi connectivity index (χ1) is 14.5. The zero-order chi connectivity index (χ0) is 21.5. The number of nitrogens with zero attached hydrogens (tertiary/aromatic N) is 1. The van der Waals surface area contributed by atoms with Crippen molar-refractivity contribution in [3.63, 3.8) is 0 Å². The molecule has 1 heterocycles. The SMILES string of the molecule is Cc1cccc(C)c1OCCCC(=O)NC1CCN(C(=O)c2ccccc2O)CC1. The summed E-state index contributed by atoms with van der Waals surface area (Å²) in [6.07, 6.45) is 2.50. The molecule has 0 bridgehead atoms. The fourth-order valence-corrected chi connectivity index (χ4v) is 3.79. The topological polar surface area (TPSA) is 78.9 Å². The molecule has 6 heteroatoms. The van der Waals surface area contributed by atoms with Crippen LogP contribution in [0, 0.1) is 13.8 Å². The first kappa shape index (κ1) is 21.7. The molecule has 2 amide bonds. The Hall–Kier alpha value is -3.02. The second-order valence-corrected chi connectivity index (χ2v) is 7.82. The third-order valence-electron chi connectivity index (χ3n) is 5.49. The summed E-state index contributed by atoms with van der Waals surface area (Å²) in [4.78, 5) is 26.5. The highest BCUT2D eigenvalue weighted by Crippen LogP contribution is 2.23. The number of amides is 2. The van der Waals surface area contributed by atoms with Gasteiger partial charge in [0.25, 0.3) is 5.91 Å². The number of piperidine rings is 1. The third kappa shape index (κ3) is 5.53. The van der Waals surface area contributed by atoms with E-state index in [0.29, 0.717) is 50.9 Å². The summed E-state index contributed by atoms with van der Waals surface area (Å²) in [5.74, 6) is 0.757. The molecule has 0 atom stereocenters. The number of rotatable bonds is 7. The van der Waals surface area contributed by atoms with Crippen molar-refractivity contribution in [1.29, 1.82) is 0 Å². The summed E-state index contributed by atoms with van der Waals surface area (Å²) in [5, 5.41) is 12.9. The summed E-state index contributed by atoms with van der Waals surface area (Å²) >= 11 is 0. The van der Waals surface area contributed by atoms with Gasteiger partial charge in [-0.1, -0.05) is 30.3 Å². The number of phenolic OH excluding ortho intramolecular Hbond substituents is 1. The molecule has 1 aliphatic heterocycles. The molecule has 3 rings (SSSR count). The molecule has 1 aliphatic rings. The van der Waals surface area contributed by atoms with Crippen molar-refractivity contribution in [1.82, 2.24) is 10.2 Å². The van der Waals surface area contributed by atoms with E-state index in [9.17, 15) is 14.7 Å². The number of ether oxygens (including phenoxy) is 1. The van der Waals surface area contributed by atoms with Gasteiger partial charge in [-0.25, -0.2) is 0 Å². The number of likely N-dealkylation sites (tertiary alicyclic amines) is 1. The van der Waals surface area contributed by atoms with Gasteiger partial charge in [-0.05, 0) is 56.4 Å². The van der Waals surface area contributed by atoms with Crippen molar-refractivity contribution in [2.45, 2.75) is 45.6 Å². The lowest BCUT2D eigenvalue weighted by molar-refractivity contribution is -0.122. The van der Waals surface area contributed by atoms with E-state index in [1.165, 1.54) is 6.07 Å². The molecule has 2 aromatic carbocycles. The molecule has 0 spiro atoms. The van der Waals surface area contributed by atoms with Gasteiger partial charge < -0.3 is 20.1 Å². The maximum absolute atomic E-state index is 12.6. The quantitative estimate of drug-likeness (QED) is 0.684. The molecule has 160 valence electrons. The largest absolute Gasteiger partial charge is 0.507 e. The van der Waals surface area contributed by atoms with Crippen molar-refractivity contribution in [3.05, 3.63) is 59.2 Å². The molecule has 6 nitrogen and oxygen atoms in total. The number of hydrogen-bond donors (Lipinski definition) is 2. The number of carbonyl (C=O) groups is 2. The minimum atomic E-state index is -0.165. The lowest BCUT2D eigenvalue weighted by atomic mass is 10.0. The van der Waals surface area contributed by atoms with E-state index in [1.54, 1.807) is 23.1 Å². The van der Waals surface area contributed by atoms with E-state index >= 15 is 0 Å². The predicted octanol–water partition coefficient (Wildman–Crippen LogP) is 3.59. The van der Waals surface area contributed by atoms with Crippen molar-refractivity contribution < 1.29 is 19.4 Å². The van der Waals surface area contributed by atoms with Crippen LogP contribution in [0.4, 0.5) is 0 Å². The highest BCUT2D eigenvalue weighted by Gasteiger charge is 2.25. The molecule has 30 heavy (non-hydrogen) atoms. The van der Waals surface area contributed by atoms with Gasteiger partial charge in [0.1, 0.15) is 11.5 Å². The first-order valence-corrected chi connectivity index (χ1v) is 10.5. The van der Waals surface area contributed by atoms with Gasteiger partial charge in [-0.2, -0.15) is 0 Å². The highest BCUT2D eigenvalue weighted by molar-refractivity contribution is 5.96. The Bertz CT molecular complexity index is 868. The molecule has 2 N–H and O–H groups in total. The Morgan fingerprint density at radius 3 is 2.40 bits per heavy atom. The molecule has 1 saturated heterocycles. The van der Waals surface area contributed by atoms with E-state index < -0.39 is 0 Å². The van der Waals surface area contributed by atoms with Crippen LogP contribution in [0.2, 0.25) is 0 Å². The van der Waals surface area contributed by atoms with Gasteiger partial charge in [-0.3, -0.25) is 9.59 Å². The Labute approximate surface area is 177 Å². The average Bonchev–Trinajstić information content (AvgIpc) is 2.73. The monoisotopic (exact) mass is 410 g/mol. The number of carbonyl (C=O) groups excluding carboxylic acids is 2. The number of hydrogen-bond acceptors (Lipinski definition) is 4. The number of para-hydroxylation sites is 2. The molecular formula is C24H30N2O4. The van der Waals surface area contributed by atoms with Gasteiger partial charge in [0.2, 0.25) is 5.91 Å².